The van der Waals surface area contributed by atoms with Crippen LogP contribution >= 0.6 is 11.6 Å². The lowest BCUT2D eigenvalue weighted by Gasteiger charge is -2.27. The highest BCUT2D eigenvalue weighted by Gasteiger charge is 2.44. The minimum absolute atomic E-state index is 0.0387. The topological polar surface area (TPSA) is 131 Å². The van der Waals surface area contributed by atoms with E-state index in [0.717, 1.165) is 6.07 Å². The number of carbonyl (C=O) groups excluding carboxylic acids is 2. The van der Waals surface area contributed by atoms with Gasteiger partial charge in [-0.05, 0) is 24.3 Å². The van der Waals surface area contributed by atoms with Gasteiger partial charge in [-0.3, -0.25) is 19.6 Å². The number of rotatable bonds is 7. The van der Waals surface area contributed by atoms with Crippen LogP contribution in [0.5, 0.6) is 0 Å². The van der Waals surface area contributed by atoms with Crippen molar-refractivity contribution in [1.82, 2.24) is 20.6 Å². The first-order chi connectivity index (χ1) is 17.6. The van der Waals surface area contributed by atoms with Crippen LogP contribution in [-0.4, -0.2) is 40.5 Å². The van der Waals surface area contributed by atoms with E-state index in [2.05, 4.69) is 25.9 Å². The zero-order chi connectivity index (χ0) is 26.6. The SMILES string of the molecule is Nc1cncc(C(=O)NC2(C(=O)NCc3ncc(Nc4ccccc4C(F)(F)F)cc3Cl)CCOC2)c1. The molecule has 1 saturated heterocycles. The molecule has 0 aliphatic carbocycles. The third-order valence-corrected chi connectivity index (χ3v) is 6.00. The number of aromatic nitrogens is 2. The van der Waals surface area contributed by atoms with E-state index in [1.165, 1.54) is 48.9 Å². The van der Waals surface area contributed by atoms with Crippen LogP contribution in [0, 0.1) is 0 Å². The number of nitrogens with one attached hydrogen (secondary N) is 3. The van der Waals surface area contributed by atoms with Crippen molar-refractivity contribution in [3.8, 4) is 0 Å². The highest BCUT2D eigenvalue weighted by Crippen LogP contribution is 2.36. The molecule has 1 atom stereocenters. The number of para-hydroxylation sites is 1. The van der Waals surface area contributed by atoms with Crippen molar-refractivity contribution in [2.45, 2.75) is 24.7 Å². The molecule has 0 radical (unpaired) electrons. The number of halogens is 4. The van der Waals surface area contributed by atoms with Gasteiger partial charge in [0.15, 0.2) is 0 Å². The average molecular weight is 535 g/mol. The van der Waals surface area contributed by atoms with E-state index in [1.54, 1.807) is 0 Å². The maximum atomic E-state index is 13.3. The Morgan fingerprint density at radius 1 is 1.16 bits per heavy atom. The van der Waals surface area contributed by atoms with Crippen molar-refractivity contribution in [2.24, 2.45) is 0 Å². The second-order valence-corrected chi connectivity index (χ2v) is 8.76. The van der Waals surface area contributed by atoms with E-state index in [4.69, 9.17) is 22.1 Å². The minimum atomic E-state index is -4.54. The van der Waals surface area contributed by atoms with Crippen molar-refractivity contribution in [3.05, 3.63) is 76.8 Å². The van der Waals surface area contributed by atoms with Gasteiger partial charge in [-0.25, -0.2) is 0 Å². The molecule has 1 aromatic carbocycles. The Labute approximate surface area is 214 Å². The second kappa shape index (κ2) is 10.6. The molecular weight excluding hydrogens is 513 g/mol. The molecule has 2 aromatic heterocycles. The van der Waals surface area contributed by atoms with E-state index >= 15 is 0 Å². The van der Waals surface area contributed by atoms with Gasteiger partial charge in [0.2, 0.25) is 5.91 Å². The summed E-state index contributed by atoms with van der Waals surface area (Å²) >= 11 is 6.29. The molecule has 2 amide bonds. The molecule has 1 unspecified atom stereocenters. The quantitative estimate of drug-likeness (QED) is 0.363. The summed E-state index contributed by atoms with van der Waals surface area (Å²) in [6.07, 6.45) is -0.263. The van der Waals surface area contributed by atoms with Crippen LogP contribution in [0.25, 0.3) is 0 Å². The molecule has 1 fully saturated rings. The highest BCUT2D eigenvalue weighted by molar-refractivity contribution is 6.31. The Hall–Kier alpha value is -3.90. The van der Waals surface area contributed by atoms with E-state index in [-0.39, 0.29) is 53.8 Å². The van der Waals surface area contributed by atoms with E-state index in [0.29, 0.717) is 5.69 Å². The number of hydrogen-bond acceptors (Lipinski definition) is 7. The highest BCUT2D eigenvalue weighted by atomic mass is 35.5. The van der Waals surface area contributed by atoms with Crippen LogP contribution in [0.15, 0.2) is 55.0 Å². The normalized spacial score (nSPS) is 17.3. The van der Waals surface area contributed by atoms with Crippen molar-refractivity contribution in [2.75, 3.05) is 24.3 Å². The maximum absolute atomic E-state index is 13.3. The van der Waals surface area contributed by atoms with Gasteiger partial charge in [0.25, 0.3) is 5.91 Å². The lowest BCUT2D eigenvalue weighted by molar-refractivity contribution is -0.137. The predicted octanol–water partition coefficient (Wildman–Crippen LogP) is 3.68. The number of alkyl halides is 3. The number of pyridine rings is 2. The minimum Gasteiger partial charge on any atom is -0.397 e. The molecular formula is C24H22ClF3N6O3. The molecule has 3 heterocycles. The largest absolute Gasteiger partial charge is 0.418 e. The maximum Gasteiger partial charge on any atom is 0.418 e. The van der Waals surface area contributed by atoms with E-state index in [9.17, 15) is 22.8 Å². The van der Waals surface area contributed by atoms with Gasteiger partial charge in [-0.1, -0.05) is 23.7 Å². The Morgan fingerprint density at radius 3 is 2.62 bits per heavy atom. The molecule has 5 N–H and O–H groups in total. The van der Waals surface area contributed by atoms with Gasteiger partial charge in [0.05, 0.1) is 58.3 Å². The fourth-order valence-electron chi connectivity index (χ4n) is 3.76. The Kier molecular flexibility index (Phi) is 7.50. The first kappa shape index (κ1) is 26.2. The molecule has 0 spiro atoms. The third-order valence-electron chi connectivity index (χ3n) is 5.68. The van der Waals surface area contributed by atoms with Gasteiger partial charge in [0, 0.05) is 25.4 Å². The summed E-state index contributed by atoms with van der Waals surface area (Å²) in [5.74, 6) is -1.04. The van der Waals surface area contributed by atoms with Crippen LogP contribution < -0.4 is 21.7 Å². The Balaban J connectivity index is 1.43. The summed E-state index contributed by atoms with van der Waals surface area (Å²) in [7, 11) is 0. The summed E-state index contributed by atoms with van der Waals surface area (Å²) < 4.78 is 45.1. The molecule has 4 rings (SSSR count). The number of benzene rings is 1. The van der Waals surface area contributed by atoms with Crippen LogP contribution in [0.4, 0.5) is 30.2 Å². The number of amides is 2. The Bertz CT molecular complexity index is 1310. The lowest BCUT2D eigenvalue weighted by atomic mass is 9.96. The predicted molar refractivity (Wildman–Crippen MR) is 130 cm³/mol. The number of nitrogens with two attached hydrogens (primary N) is 1. The summed E-state index contributed by atoms with van der Waals surface area (Å²) in [5.41, 5.74) is 4.39. The summed E-state index contributed by atoms with van der Waals surface area (Å²) in [6.45, 7) is 0.138. The smallest absolute Gasteiger partial charge is 0.397 e. The average Bonchev–Trinajstić information content (AvgIpc) is 3.33. The molecule has 1 aliphatic rings. The molecule has 0 bridgehead atoms. The molecule has 194 valence electrons. The monoisotopic (exact) mass is 534 g/mol. The number of ether oxygens (including phenoxy) is 1. The molecule has 37 heavy (non-hydrogen) atoms. The second-order valence-electron chi connectivity index (χ2n) is 8.35. The van der Waals surface area contributed by atoms with Crippen molar-refractivity contribution < 1.29 is 27.5 Å². The van der Waals surface area contributed by atoms with Gasteiger partial charge in [0.1, 0.15) is 5.54 Å². The van der Waals surface area contributed by atoms with Crippen molar-refractivity contribution >= 4 is 40.5 Å². The van der Waals surface area contributed by atoms with Crippen molar-refractivity contribution in [3.63, 3.8) is 0 Å². The van der Waals surface area contributed by atoms with Gasteiger partial charge in [-0.2, -0.15) is 13.2 Å². The number of carbonyl (C=O) groups is 2. The summed E-state index contributed by atoms with van der Waals surface area (Å²) in [4.78, 5) is 33.9. The Morgan fingerprint density at radius 2 is 1.95 bits per heavy atom. The first-order valence-electron chi connectivity index (χ1n) is 11.0. The lowest BCUT2D eigenvalue weighted by Crippen LogP contribution is -2.59. The van der Waals surface area contributed by atoms with E-state index < -0.39 is 29.1 Å². The standard InChI is InChI=1S/C24H22ClF3N6O3/c25-18-8-16(33-19-4-2-1-3-17(19)24(26,27)28)11-31-20(18)12-32-22(36)23(5-6-37-13-23)34-21(35)14-7-15(29)10-30-9-14/h1-4,7-11,33H,5-6,12-13,29H2,(H,32,36)(H,34,35). The number of nitrogen functional groups attached to an aromatic ring is 1. The van der Waals surface area contributed by atoms with Crippen LogP contribution in [-0.2, 0) is 22.3 Å². The van der Waals surface area contributed by atoms with E-state index in [1.807, 2.05) is 0 Å². The number of nitrogens with zero attached hydrogens (tertiary/aromatic N) is 2. The molecule has 1 aliphatic heterocycles. The van der Waals surface area contributed by atoms with Crippen molar-refractivity contribution in [1.29, 1.82) is 0 Å². The zero-order valence-corrected chi connectivity index (χ0v) is 20.0. The zero-order valence-electron chi connectivity index (χ0n) is 19.2. The fourth-order valence-corrected chi connectivity index (χ4v) is 4.00. The van der Waals surface area contributed by atoms with Gasteiger partial charge in [-0.15, -0.1) is 0 Å². The summed E-state index contributed by atoms with van der Waals surface area (Å²) in [5, 5.41) is 8.21. The van der Waals surface area contributed by atoms with Crippen LogP contribution in [0.1, 0.15) is 28.0 Å². The fraction of sp³-hybridized carbons (Fsp3) is 0.250. The molecule has 9 nitrogen and oxygen atoms in total. The van der Waals surface area contributed by atoms with Gasteiger partial charge >= 0.3 is 6.18 Å². The van der Waals surface area contributed by atoms with Crippen LogP contribution in [0.3, 0.4) is 0 Å². The third kappa shape index (κ3) is 6.09. The molecule has 13 heteroatoms. The van der Waals surface area contributed by atoms with Crippen LogP contribution in [0.2, 0.25) is 5.02 Å². The number of hydrogen-bond donors (Lipinski definition) is 4. The summed E-state index contributed by atoms with van der Waals surface area (Å²) in [6, 6.07) is 7.87. The van der Waals surface area contributed by atoms with Gasteiger partial charge < -0.3 is 26.4 Å². The molecule has 0 saturated carbocycles. The number of anilines is 3. The molecule has 3 aromatic rings. The first-order valence-corrected chi connectivity index (χ1v) is 11.4.